The third kappa shape index (κ3) is 24.2. The number of rotatable bonds is 29. The van der Waals surface area contributed by atoms with Crippen LogP contribution < -0.4 is 0 Å². The average molecular weight is 529 g/mol. The molecule has 0 heterocycles. The quantitative estimate of drug-likeness (QED) is 0.0550. The molecule has 3 unspecified atom stereocenters. The molecule has 3 nitrogen and oxygen atoms in total. The molecule has 0 aromatic heterocycles. The lowest BCUT2D eigenvalue weighted by Crippen LogP contribution is -2.28. The Morgan fingerprint density at radius 3 is 1.25 bits per heavy atom. The van der Waals surface area contributed by atoms with Crippen LogP contribution in [-0.2, 0) is 14.1 Å². The van der Waals surface area contributed by atoms with E-state index >= 15 is 0 Å². The summed E-state index contributed by atoms with van der Waals surface area (Å²) in [5.74, 6) is -0.196. The van der Waals surface area contributed by atoms with Crippen molar-refractivity contribution < 1.29 is 14.1 Å². The Hall–Kier alpha value is -0.140. The average Bonchev–Trinajstić information content (AvgIpc) is 2.89. The topological polar surface area (TPSA) is 35.5 Å². The van der Waals surface area contributed by atoms with Gasteiger partial charge in [0.2, 0.25) is 0 Å². The van der Waals surface area contributed by atoms with Crippen LogP contribution in [0.25, 0.3) is 0 Å². The van der Waals surface area contributed by atoms with Gasteiger partial charge in [0, 0.05) is 9.47 Å². The largest absolute Gasteiger partial charge is 0.465 e. The lowest BCUT2D eigenvalue weighted by Gasteiger charge is -2.21. The Labute approximate surface area is 229 Å². The highest BCUT2D eigenvalue weighted by Crippen LogP contribution is 2.21. The van der Waals surface area contributed by atoms with Crippen LogP contribution in [0.3, 0.4) is 0 Å². The first-order valence-corrected chi connectivity index (χ1v) is 16.7. The fraction of sp³-hybridized carbons (Fsp3) is 0.969. The molecule has 0 saturated carbocycles. The van der Waals surface area contributed by atoms with Crippen LogP contribution in [0.15, 0.2) is 0 Å². The van der Waals surface area contributed by atoms with E-state index in [9.17, 15) is 4.79 Å². The van der Waals surface area contributed by atoms with E-state index in [4.69, 9.17) is 9.26 Å². The molecule has 0 aromatic rings. The molecular weight excluding hydrogens is 463 g/mol. The van der Waals surface area contributed by atoms with Crippen LogP contribution in [0.4, 0.5) is 0 Å². The zero-order chi connectivity index (χ0) is 26.5. The molecular formula is C32H65O3P. The van der Waals surface area contributed by atoms with Gasteiger partial charge in [0.25, 0.3) is 0 Å². The summed E-state index contributed by atoms with van der Waals surface area (Å²) in [4.78, 5) is 12.7. The molecule has 0 fully saturated rings. The zero-order valence-corrected chi connectivity index (χ0v) is 26.0. The fourth-order valence-corrected chi connectivity index (χ4v) is 5.26. The minimum Gasteiger partial charge on any atom is -0.465 e. The Kier molecular flexibility index (Phi) is 29.3. The van der Waals surface area contributed by atoms with Gasteiger partial charge in [0.1, 0.15) is 0 Å². The molecule has 0 aliphatic heterocycles. The van der Waals surface area contributed by atoms with Gasteiger partial charge >= 0.3 is 5.97 Å². The van der Waals surface area contributed by atoms with Crippen molar-refractivity contribution in [1.29, 1.82) is 0 Å². The van der Waals surface area contributed by atoms with E-state index in [1.807, 2.05) is 6.92 Å². The number of ether oxygens (including phenoxy) is 1. The second kappa shape index (κ2) is 29.4. The second-order valence-electron chi connectivity index (χ2n) is 11.2. The Morgan fingerprint density at radius 2 is 0.889 bits per heavy atom. The monoisotopic (exact) mass is 528 g/mol. The smallest absolute Gasteiger partial charge is 0.311 e. The molecule has 0 spiro atoms. The van der Waals surface area contributed by atoms with Crippen molar-refractivity contribution in [2.24, 2.45) is 5.92 Å². The lowest BCUT2D eigenvalue weighted by atomic mass is 9.95. The minimum absolute atomic E-state index is 0.0597. The lowest BCUT2D eigenvalue weighted by molar-refractivity contribution is -0.151. The molecule has 0 amide bonds. The molecule has 0 saturated heterocycles. The van der Waals surface area contributed by atoms with Crippen molar-refractivity contribution in [2.75, 3.05) is 6.61 Å². The van der Waals surface area contributed by atoms with Crippen LogP contribution in [0.2, 0.25) is 0 Å². The maximum Gasteiger partial charge on any atom is 0.311 e. The van der Waals surface area contributed by atoms with Crippen molar-refractivity contribution >= 4 is 15.4 Å². The Morgan fingerprint density at radius 1 is 0.556 bits per heavy atom. The van der Waals surface area contributed by atoms with E-state index in [-0.39, 0.29) is 18.0 Å². The van der Waals surface area contributed by atoms with E-state index in [2.05, 4.69) is 23.3 Å². The summed E-state index contributed by atoms with van der Waals surface area (Å²) in [7, 11) is 2.32. The van der Waals surface area contributed by atoms with Gasteiger partial charge in [-0.3, -0.25) is 4.79 Å². The van der Waals surface area contributed by atoms with Crippen molar-refractivity contribution in [1.82, 2.24) is 0 Å². The standard InChI is InChI=1S/C32H65O3P/c1-4-6-8-10-12-14-16-17-18-19-21-23-25-27-29-34-32(33)31(30(3)35-36)28-26-24-22-20-15-13-11-9-7-5-2/h30-31H,4-29,36H2,1-3H3. The second-order valence-corrected chi connectivity index (χ2v) is 11.5. The van der Waals surface area contributed by atoms with Gasteiger partial charge in [-0.1, -0.05) is 162 Å². The summed E-state index contributed by atoms with van der Waals surface area (Å²) < 4.78 is 11.1. The van der Waals surface area contributed by atoms with Gasteiger partial charge in [-0.25, -0.2) is 0 Å². The number of hydrogen-bond acceptors (Lipinski definition) is 3. The van der Waals surface area contributed by atoms with Crippen LogP contribution in [-0.4, -0.2) is 18.7 Å². The molecule has 36 heavy (non-hydrogen) atoms. The van der Waals surface area contributed by atoms with Crippen LogP contribution >= 0.6 is 9.47 Å². The molecule has 0 bridgehead atoms. The fourth-order valence-electron chi connectivity index (χ4n) is 5.07. The maximum atomic E-state index is 12.7. The van der Waals surface area contributed by atoms with Crippen molar-refractivity contribution in [3.63, 3.8) is 0 Å². The third-order valence-corrected chi connectivity index (χ3v) is 8.12. The first kappa shape index (κ1) is 35.9. The molecule has 4 heteroatoms. The predicted octanol–water partition coefficient (Wildman–Crippen LogP) is 11.1. The van der Waals surface area contributed by atoms with Crippen molar-refractivity contribution in [3.8, 4) is 0 Å². The minimum atomic E-state index is -0.136. The normalized spacial score (nSPS) is 13.1. The summed E-state index contributed by atoms with van der Waals surface area (Å²) in [6.45, 7) is 7.11. The molecule has 0 aliphatic carbocycles. The highest BCUT2D eigenvalue weighted by atomic mass is 31.0. The van der Waals surface area contributed by atoms with E-state index < -0.39 is 0 Å². The van der Waals surface area contributed by atoms with Gasteiger partial charge in [0.15, 0.2) is 0 Å². The SMILES string of the molecule is CCCCCCCCCCCCCCCCOC(=O)C(CCCCCCCCCCCC)C(C)OP. The molecule has 0 radical (unpaired) electrons. The number of carbonyl (C=O) groups excluding carboxylic acids is 1. The van der Waals surface area contributed by atoms with Gasteiger partial charge < -0.3 is 9.26 Å². The zero-order valence-electron chi connectivity index (χ0n) is 24.8. The van der Waals surface area contributed by atoms with Crippen molar-refractivity contribution in [3.05, 3.63) is 0 Å². The number of hydrogen-bond donors (Lipinski definition) is 0. The maximum absolute atomic E-state index is 12.7. The Bertz CT molecular complexity index is 443. The number of esters is 1. The summed E-state index contributed by atoms with van der Waals surface area (Å²) in [5, 5.41) is 0. The first-order chi connectivity index (χ1) is 17.7. The van der Waals surface area contributed by atoms with Crippen molar-refractivity contribution in [2.45, 2.75) is 187 Å². The molecule has 216 valence electrons. The molecule has 0 rings (SSSR count). The first-order valence-electron chi connectivity index (χ1n) is 16.2. The number of carbonyl (C=O) groups is 1. The van der Waals surface area contributed by atoms with Crippen LogP contribution in [0, 0.1) is 5.92 Å². The van der Waals surface area contributed by atoms with Gasteiger partial charge in [-0.15, -0.1) is 0 Å². The van der Waals surface area contributed by atoms with Crippen LogP contribution in [0.5, 0.6) is 0 Å². The summed E-state index contributed by atoms with van der Waals surface area (Å²) >= 11 is 0. The molecule has 0 aliphatic rings. The molecule has 3 atom stereocenters. The highest BCUT2D eigenvalue weighted by molar-refractivity contribution is 7.09. The van der Waals surface area contributed by atoms with Gasteiger partial charge in [0.05, 0.1) is 18.6 Å². The third-order valence-electron chi connectivity index (χ3n) is 7.69. The van der Waals surface area contributed by atoms with E-state index in [0.717, 1.165) is 19.3 Å². The van der Waals surface area contributed by atoms with E-state index in [0.29, 0.717) is 6.61 Å². The van der Waals surface area contributed by atoms with Gasteiger partial charge in [-0.05, 0) is 19.8 Å². The molecule has 0 N–H and O–H groups in total. The van der Waals surface area contributed by atoms with E-state index in [1.165, 1.54) is 141 Å². The van der Waals surface area contributed by atoms with Crippen LogP contribution in [0.1, 0.15) is 181 Å². The highest BCUT2D eigenvalue weighted by Gasteiger charge is 2.26. The predicted molar refractivity (Wildman–Crippen MR) is 161 cm³/mol. The number of unbranched alkanes of at least 4 members (excludes halogenated alkanes) is 22. The van der Waals surface area contributed by atoms with Gasteiger partial charge in [-0.2, -0.15) is 0 Å². The van der Waals surface area contributed by atoms with E-state index in [1.54, 1.807) is 0 Å². The summed E-state index contributed by atoms with van der Waals surface area (Å²) in [6.07, 6.45) is 32.7. The summed E-state index contributed by atoms with van der Waals surface area (Å²) in [6, 6.07) is 0. The Balaban J connectivity index is 3.66. The summed E-state index contributed by atoms with van der Waals surface area (Å²) in [5.41, 5.74) is 0. The molecule has 0 aromatic carbocycles.